The van der Waals surface area contributed by atoms with Crippen molar-refractivity contribution in [2.75, 3.05) is 0 Å². The number of carbonyl (C=O) groups is 2. The Morgan fingerprint density at radius 1 is 0.433 bits per heavy atom. The Hall–Kier alpha value is -0.660. The molecule has 0 saturated heterocycles. The van der Waals surface area contributed by atoms with E-state index in [1.807, 2.05) is 0 Å². The highest BCUT2D eigenvalue weighted by Crippen LogP contribution is 2.64. The van der Waals surface area contributed by atoms with Crippen molar-refractivity contribution in [2.24, 2.45) is 71.0 Å². The summed E-state index contributed by atoms with van der Waals surface area (Å²) in [5.41, 5.74) is 0. The number of fused-ring (bicyclic) bond motifs is 9. The van der Waals surface area contributed by atoms with Gasteiger partial charge in [0.2, 0.25) is 0 Å². The van der Waals surface area contributed by atoms with Crippen molar-refractivity contribution >= 4 is 11.6 Å². The van der Waals surface area contributed by atoms with Crippen LogP contribution in [0.15, 0.2) is 0 Å². The van der Waals surface area contributed by atoms with Crippen molar-refractivity contribution in [3.8, 4) is 0 Å². The highest BCUT2D eigenvalue weighted by Gasteiger charge is 2.62. The monoisotopic (exact) mass is 408 g/mol. The molecule has 0 aliphatic heterocycles. The minimum absolute atomic E-state index is 0.258. The van der Waals surface area contributed by atoms with E-state index in [-0.39, 0.29) is 11.8 Å². The second kappa shape index (κ2) is 6.92. The predicted octanol–water partition coefficient (Wildman–Crippen LogP) is 6.08. The van der Waals surface area contributed by atoms with E-state index in [1.54, 1.807) is 0 Å². The standard InChI is InChI=1S/C28H40O2/c29-27-20-8-4-3-7-18(20)22-13-23-19-10-9-17-11-15-5-1-2-6-16(15)12-21(17)26(19)28(30)25(23)14-24(22)27/h15-26H,1-14H2. The van der Waals surface area contributed by atoms with E-state index < -0.39 is 0 Å². The number of Topliss-reactive ketones (excluding diaryl/α,β-unsaturated/α-hetero) is 2. The summed E-state index contributed by atoms with van der Waals surface area (Å²) in [4.78, 5) is 27.1. The summed E-state index contributed by atoms with van der Waals surface area (Å²) < 4.78 is 0. The van der Waals surface area contributed by atoms with Gasteiger partial charge < -0.3 is 0 Å². The topological polar surface area (TPSA) is 34.1 Å². The lowest BCUT2D eigenvalue weighted by Crippen LogP contribution is -2.43. The smallest absolute Gasteiger partial charge is 0.139 e. The SMILES string of the molecule is O=C1C2CCCCC2C2CC3C(CC12)C(=O)C1C2CC4CCCCC4CC2CCC31. The zero-order valence-corrected chi connectivity index (χ0v) is 18.6. The third kappa shape index (κ3) is 2.54. The molecule has 7 rings (SSSR count). The molecule has 12 atom stereocenters. The molecule has 0 radical (unpaired) electrons. The van der Waals surface area contributed by atoms with Gasteiger partial charge in [-0.15, -0.1) is 0 Å². The van der Waals surface area contributed by atoms with Crippen LogP contribution in [-0.2, 0) is 9.59 Å². The Labute approximate surface area is 182 Å². The van der Waals surface area contributed by atoms with Gasteiger partial charge in [-0.2, -0.15) is 0 Å². The second-order valence-corrected chi connectivity index (χ2v) is 12.8. The van der Waals surface area contributed by atoms with Gasteiger partial charge in [0.15, 0.2) is 0 Å². The molecular weight excluding hydrogens is 368 g/mol. The quantitative estimate of drug-likeness (QED) is 0.487. The fraction of sp³-hybridized carbons (Fsp3) is 0.929. The molecule has 0 spiro atoms. The van der Waals surface area contributed by atoms with Crippen LogP contribution in [-0.4, -0.2) is 11.6 Å². The number of carbonyl (C=O) groups excluding carboxylic acids is 2. The first-order valence-corrected chi connectivity index (χ1v) is 13.8. The first-order valence-electron chi connectivity index (χ1n) is 13.8. The van der Waals surface area contributed by atoms with Crippen LogP contribution in [0.4, 0.5) is 0 Å². The summed E-state index contributed by atoms with van der Waals surface area (Å²) in [5.74, 6) is 8.62. The van der Waals surface area contributed by atoms with Crippen molar-refractivity contribution in [3.05, 3.63) is 0 Å². The largest absolute Gasteiger partial charge is 0.299 e. The van der Waals surface area contributed by atoms with E-state index >= 15 is 0 Å². The molecule has 30 heavy (non-hydrogen) atoms. The van der Waals surface area contributed by atoms with Gasteiger partial charge in [0.05, 0.1) is 0 Å². The van der Waals surface area contributed by atoms with Crippen LogP contribution in [0.5, 0.6) is 0 Å². The van der Waals surface area contributed by atoms with Crippen molar-refractivity contribution in [1.29, 1.82) is 0 Å². The van der Waals surface area contributed by atoms with Gasteiger partial charge in [-0.25, -0.2) is 0 Å². The second-order valence-electron chi connectivity index (χ2n) is 12.8. The summed E-state index contributed by atoms with van der Waals surface area (Å²) in [6, 6.07) is 0. The van der Waals surface area contributed by atoms with E-state index in [0.29, 0.717) is 53.0 Å². The maximum Gasteiger partial charge on any atom is 0.139 e. The molecule has 2 heteroatoms. The van der Waals surface area contributed by atoms with Gasteiger partial charge >= 0.3 is 0 Å². The third-order valence-corrected chi connectivity index (χ3v) is 12.1. The molecule has 0 aromatic carbocycles. The molecule has 7 aliphatic rings. The van der Waals surface area contributed by atoms with E-state index in [0.717, 1.165) is 30.6 Å². The maximum absolute atomic E-state index is 13.9. The average Bonchev–Trinajstić information content (AvgIpc) is 3.23. The van der Waals surface area contributed by atoms with E-state index in [4.69, 9.17) is 0 Å². The lowest BCUT2D eigenvalue weighted by atomic mass is 9.54. The lowest BCUT2D eigenvalue weighted by molar-refractivity contribution is -0.131. The van der Waals surface area contributed by atoms with E-state index in [1.165, 1.54) is 77.0 Å². The molecule has 0 bridgehead atoms. The fourth-order valence-electron chi connectivity index (χ4n) is 11.0. The summed E-state index contributed by atoms with van der Waals surface area (Å²) in [5, 5.41) is 0. The molecule has 2 nitrogen and oxygen atoms in total. The van der Waals surface area contributed by atoms with Crippen LogP contribution < -0.4 is 0 Å². The highest BCUT2D eigenvalue weighted by atomic mass is 16.1. The summed E-state index contributed by atoms with van der Waals surface area (Å²) in [7, 11) is 0. The Bertz CT molecular complexity index is 741. The Balaban J connectivity index is 1.16. The molecule has 7 saturated carbocycles. The van der Waals surface area contributed by atoms with Crippen molar-refractivity contribution < 1.29 is 9.59 Å². The van der Waals surface area contributed by atoms with Crippen LogP contribution >= 0.6 is 0 Å². The maximum atomic E-state index is 13.9. The van der Waals surface area contributed by atoms with Crippen LogP contribution in [0.3, 0.4) is 0 Å². The summed E-state index contributed by atoms with van der Waals surface area (Å²) >= 11 is 0. The third-order valence-electron chi connectivity index (χ3n) is 12.1. The molecule has 0 heterocycles. The van der Waals surface area contributed by atoms with Crippen LogP contribution in [0.2, 0.25) is 0 Å². The Morgan fingerprint density at radius 3 is 2.00 bits per heavy atom. The average molecular weight is 409 g/mol. The van der Waals surface area contributed by atoms with Gasteiger partial charge in [0.1, 0.15) is 11.6 Å². The zero-order valence-electron chi connectivity index (χ0n) is 18.6. The van der Waals surface area contributed by atoms with Crippen molar-refractivity contribution in [2.45, 2.75) is 89.9 Å². The normalized spacial score (nSPS) is 56.9. The van der Waals surface area contributed by atoms with Crippen LogP contribution in [0, 0.1) is 71.0 Å². The molecule has 0 N–H and O–H groups in total. The molecule has 0 amide bonds. The fourth-order valence-corrected chi connectivity index (χ4v) is 11.0. The van der Waals surface area contributed by atoms with Crippen molar-refractivity contribution in [3.63, 3.8) is 0 Å². The van der Waals surface area contributed by atoms with Gasteiger partial charge in [-0.05, 0) is 98.7 Å². The molecular formula is C28H40O2. The Kier molecular flexibility index (Phi) is 4.35. The van der Waals surface area contributed by atoms with Gasteiger partial charge in [0, 0.05) is 23.7 Å². The first kappa shape index (κ1) is 18.9. The number of rotatable bonds is 0. The molecule has 12 unspecified atom stereocenters. The van der Waals surface area contributed by atoms with E-state index in [2.05, 4.69) is 0 Å². The predicted molar refractivity (Wildman–Crippen MR) is 117 cm³/mol. The molecule has 0 aromatic rings. The van der Waals surface area contributed by atoms with Gasteiger partial charge in [-0.1, -0.05) is 38.5 Å². The molecule has 7 aliphatic carbocycles. The first-order chi connectivity index (χ1) is 14.7. The van der Waals surface area contributed by atoms with Gasteiger partial charge in [0.25, 0.3) is 0 Å². The molecule has 164 valence electrons. The number of hydrogen-bond donors (Lipinski definition) is 0. The minimum Gasteiger partial charge on any atom is -0.299 e. The van der Waals surface area contributed by atoms with Crippen molar-refractivity contribution in [1.82, 2.24) is 0 Å². The minimum atomic E-state index is 0.258. The molecule has 0 aromatic heterocycles. The zero-order chi connectivity index (χ0) is 20.0. The van der Waals surface area contributed by atoms with Crippen LogP contribution in [0.1, 0.15) is 89.9 Å². The number of ketones is 2. The van der Waals surface area contributed by atoms with E-state index in [9.17, 15) is 9.59 Å². The number of hydrogen-bond acceptors (Lipinski definition) is 2. The highest BCUT2D eigenvalue weighted by molar-refractivity contribution is 5.90. The van der Waals surface area contributed by atoms with Crippen LogP contribution in [0.25, 0.3) is 0 Å². The van der Waals surface area contributed by atoms with Gasteiger partial charge in [-0.3, -0.25) is 9.59 Å². The molecule has 7 fully saturated rings. The lowest BCUT2D eigenvalue weighted by Gasteiger charge is -2.50. The summed E-state index contributed by atoms with van der Waals surface area (Å²) in [6.07, 6.45) is 18.6. The summed E-state index contributed by atoms with van der Waals surface area (Å²) in [6.45, 7) is 0. The Morgan fingerprint density at radius 2 is 1.13 bits per heavy atom.